The number of esters is 1. The molecule has 0 aliphatic heterocycles. The summed E-state index contributed by atoms with van der Waals surface area (Å²) >= 11 is 0. The Morgan fingerprint density at radius 2 is 1.33 bits per heavy atom. The van der Waals surface area contributed by atoms with Crippen LogP contribution in [0.3, 0.4) is 0 Å². The summed E-state index contributed by atoms with van der Waals surface area (Å²) in [6, 6.07) is 6.33. The van der Waals surface area contributed by atoms with Crippen molar-refractivity contribution >= 4 is 35.3 Å². The predicted octanol–water partition coefficient (Wildman–Crippen LogP) is 9.18. The van der Waals surface area contributed by atoms with E-state index in [1.54, 1.807) is 31.3 Å². The second-order valence-electron chi connectivity index (χ2n) is 17.2. The molecule has 4 rings (SSSR count). The second kappa shape index (κ2) is 24.1. The first kappa shape index (κ1) is 51.3. The van der Waals surface area contributed by atoms with Gasteiger partial charge in [-0.2, -0.15) is 0 Å². The van der Waals surface area contributed by atoms with E-state index < -0.39 is 46.7 Å². The molecule has 2 aliphatic rings. The molecule has 0 saturated heterocycles. The number of aliphatic carboxylic acids is 1. The third-order valence-corrected chi connectivity index (χ3v) is 11.3. The molecule has 2 heterocycles. The molecule has 2 amide bonds. The van der Waals surface area contributed by atoms with Crippen molar-refractivity contribution in [2.45, 2.75) is 86.3 Å². The number of ketones is 2. The summed E-state index contributed by atoms with van der Waals surface area (Å²) in [5.41, 5.74) is 4.56. The molecule has 0 fully saturated rings. The van der Waals surface area contributed by atoms with Crippen LogP contribution in [0.4, 0.5) is 0 Å². The number of carboxylic acid groups (broad SMARTS) is 1. The van der Waals surface area contributed by atoms with Crippen molar-refractivity contribution in [2.75, 3.05) is 6.54 Å². The van der Waals surface area contributed by atoms with E-state index in [2.05, 4.69) is 20.6 Å². The molecule has 0 bridgehead atoms. The summed E-state index contributed by atoms with van der Waals surface area (Å²) in [5.74, 6) is -4.54. The van der Waals surface area contributed by atoms with Crippen LogP contribution in [-0.2, 0) is 23.9 Å². The van der Waals surface area contributed by atoms with Crippen LogP contribution in [0.15, 0.2) is 179 Å². The number of amides is 2. The van der Waals surface area contributed by atoms with E-state index in [4.69, 9.17) is 4.74 Å². The number of allylic oxidation sites excluding steroid dienone is 21. The topological polar surface area (TPSA) is 182 Å². The van der Waals surface area contributed by atoms with E-state index in [1.165, 1.54) is 37.7 Å². The van der Waals surface area contributed by atoms with Crippen molar-refractivity contribution in [2.24, 2.45) is 11.3 Å². The Morgan fingerprint density at radius 3 is 1.86 bits per heavy atom. The quantitative estimate of drug-likeness (QED) is 0.0964. The van der Waals surface area contributed by atoms with Gasteiger partial charge < -0.3 is 20.5 Å². The van der Waals surface area contributed by atoms with E-state index in [-0.39, 0.29) is 30.1 Å². The van der Waals surface area contributed by atoms with Crippen molar-refractivity contribution in [1.29, 1.82) is 0 Å². The average molecular weight is 893 g/mol. The first-order valence-electron chi connectivity index (χ1n) is 21.7. The maximum atomic E-state index is 13.2. The molecule has 12 heteroatoms. The van der Waals surface area contributed by atoms with Crippen LogP contribution in [0.25, 0.3) is 0 Å². The highest BCUT2D eigenvalue weighted by molar-refractivity contribution is 6.03. The number of nitrogens with one attached hydrogen (secondary N) is 2. The molecule has 12 nitrogen and oxygen atoms in total. The lowest BCUT2D eigenvalue weighted by Gasteiger charge is -2.36. The fraction of sp³-hybridized carbons (Fsp3) is 0.296. The lowest BCUT2D eigenvalue weighted by Crippen LogP contribution is -2.59. The van der Waals surface area contributed by atoms with Crippen LogP contribution in [0.1, 0.15) is 95.4 Å². The zero-order valence-corrected chi connectivity index (χ0v) is 39.0. The van der Waals surface area contributed by atoms with Crippen molar-refractivity contribution in [3.8, 4) is 0 Å². The van der Waals surface area contributed by atoms with E-state index >= 15 is 0 Å². The highest BCUT2D eigenvalue weighted by Crippen LogP contribution is 2.41. The van der Waals surface area contributed by atoms with Gasteiger partial charge in [0.15, 0.2) is 17.7 Å². The van der Waals surface area contributed by atoms with Crippen molar-refractivity contribution in [1.82, 2.24) is 20.6 Å². The zero-order chi connectivity index (χ0) is 48.4. The summed E-state index contributed by atoms with van der Waals surface area (Å²) in [6.45, 7) is 14.7. The number of Topliss-reactive ketones (excluding diaryl/α,β-unsaturated/α-hetero) is 1. The molecule has 66 heavy (non-hydrogen) atoms. The zero-order valence-electron chi connectivity index (χ0n) is 39.0. The van der Waals surface area contributed by atoms with Crippen LogP contribution >= 0.6 is 0 Å². The number of nitrogens with zero attached hydrogens (tertiary/aromatic N) is 2. The molecule has 0 saturated carbocycles. The van der Waals surface area contributed by atoms with Gasteiger partial charge in [-0.3, -0.25) is 33.9 Å². The number of ether oxygens (including phenoxy) is 1. The van der Waals surface area contributed by atoms with Gasteiger partial charge in [-0.1, -0.05) is 121 Å². The van der Waals surface area contributed by atoms with Crippen molar-refractivity contribution < 1.29 is 38.6 Å². The largest absolute Gasteiger partial charge is 0.479 e. The number of carbonyl (C=O) groups is 6. The minimum atomic E-state index is -1.78. The van der Waals surface area contributed by atoms with Gasteiger partial charge >= 0.3 is 11.9 Å². The third kappa shape index (κ3) is 15.1. The monoisotopic (exact) mass is 892 g/mol. The van der Waals surface area contributed by atoms with Gasteiger partial charge in [-0.15, -0.1) is 0 Å². The van der Waals surface area contributed by atoms with Crippen LogP contribution in [0.5, 0.6) is 0 Å². The van der Waals surface area contributed by atoms with E-state index in [0.717, 1.165) is 33.4 Å². The fourth-order valence-electron chi connectivity index (χ4n) is 7.35. The number of hydrogen-bond donors (Lipinski definition) is 3. The molecule has 0 radical (unpaired) electrons. The van der Waals surface area contributed by atoms with Gasteiger partial charge in [0.1, 0.15) is 12.1 Å². The van der Waals surface area contributed by atoms with Gasteiger partial charge in [0.2, 0.25) is 0 Å². The molecule has 3 N–H and O–H groups in total. The highest BCUT2D eigenvalue weighted by Gasteiger charge is 2.47. The van der Waals surface area contributed by atoms with Crippen LogP contribution in [0, 0.1) is 11.3 Å². The first-order chi connectivity index (χ1) is 31.3. The van der Waals surface area contributed by atoms with E-state index in [9.17, 15) is 33.9 Å². The lowest BCUT2D eigenvalue weighted by atomic mass is 9.71. The first-order valence-corrected chi connectivity index (χ1v) is 21.7. The van der Waals surface area contributed by atoms with Crippen LogP contribution in [0.2, 0.25) is 0 Å². The molecule has 2 aliphatic carbocycles. The molecule has 3 atom stereocenters. The molecule has 2 aromatic rings. The second-order valence-corrected chi connectivity index (χ2v) is 17.2. The predicted molar refractivity (Wildman–Crippen MR) is 257 cm³/mol. The average Bonchev–Trinajstić information content (AvgIpc) is 3.28. The lowest BCUT2D eigenvalue weighted by molar-refractivity contribution is -0.155. The smallest absolute Gasteiger partial charge is 0.329 e. The summed E-state index contributed by atoms with van der Waals surface area (Å²) in [4.78, 5) is 84.1. The highest BCUT2D eigenvalue weighted by atomic mass is 16.5. The Labute approximate surface area is 387 Å². The van der Waals surface area contributed by atoms with Crippen molar-refractivity contribution in [3.63, 3.8) is 0 Å². The maximum Gasteiger partial charge on any atom is 0.329 e. The van der Waals surface area contributed by atoms with Crippen LogP contribution < -0.4 is 10.6 Å². The van der Waals surface area contributed by atoms with Crippen molar-refractivity contribution in [3.05, 3.63) is 190 Å². The summed E-state index contributed by atoms with van der Waals surface area (Å²) in [7, 11) is 0. The third-order valence-electron chi connectivity index (χ3n) is 11.3. The minimum Gasteiger partial charge on any atom is -0.479 e. The molecule has 2 aromatic heterocycles. The summed E-state index contributed by atoms with van der Waals surface area (Å²) in [6.07, 6.45) is 34.9. The van der Waals surface area contributed by atoms with E-state index in [1.807, 2.05) is 127 Å². The number of aromatic nitrogens is 2. The number of hydrogen-bond acceptors (Lipinski definition) is 9. The van der Waals surface area contributed by atoms with Gasteiger partial charge in [-0.25, -0.2) is 4.79 Å². The Morgan fingerprint density at radius 1 is 0.803 bits per heavy atom. The molecule has 0 aromatic carbocycles. The SMILES string of the molecule is CC1=C(/C=C/C(C)=C/C=C/C(C)=C/C=C/C=C(C)/C=C/C=C(C)/C=C/C2=CC(=O)[C@H]([C@](C)(NC(=O)c3cccnc3)C(=O)O)CC2)C(C)(C)C[C@H](OC(=O)CNC(=O)c2cccnc2)C1=O. The standard InChI is InChI=1S/C54H60N4O8/c1-36(17-11-19-38(3)23-25-41-26-28-45(46(59)31-41)54(8,52(64)65)58-51(63)43-22-14-30-56-34-43)15-9-10-16-37(2)18-12-20-39(4)24-27-44-40(5)49(61)47(32-53(44,6)7)66-48(60)35-57-50(62)42-21-13-29-55-33-42/h9-25,27,29-31,33-34,45,47H,26,28,32,35H2,1-8H3,(H,57,62)(H,58,63)(H,64,65)/b10-9+,17-11+,18-12+,25-23+,27-24+,36-15+,37-16+,38-19+,39-20+/t45-,47+,54+/m1/s1. The minimum absolute atomic E-state index is 0.213. The van der Waals surface area contributed by atoms with Gasteiger partial charge in [0.05, 0.1) is 17.0 Å². The van der Waals surface area contributed by atoms with Gasteiger partial charge in [-0.05, 0) is 107 Å². The number of pyridine rings is 2. The Bertz CT molecular complexity index is 2510. The number of rotatable bonds is 18. The fourth-order valence-corrected chi connectivity index (χ4v) is 7.35. The Hall–Kier alpha value is -7.34. The molecule has 0 spiro atoms. The van der Waals surface area contributed by atoms with Gasteiger partial charge in [0.25, 0.3) is 11.8 Å². The summed E-state index contributed by atoms with van der Waals surface area (Å²) in [5, 5.41) is 15.1. The summed E-state index contributed by atoms with van der Waals surface area (Å²) < 4.78 is 5.52. The van der Waals surface area contributed by atoms with Crippen LogP contribution in [-0.4, -0.2) is 68.6 Å². The molecule has 344 valence electrons. The maximum absolute atomic E-state index is 13.2. The van der Waals surface area contributed by atoms with Gasteiger partial charge in [0, 0.05) is 31.2 Å². The number of carboxylic acids is 1. The molecular weight excluding hydrogens is 833 g/mol. The Balaban J connectivity index is 1.24. The normalized spacial score (nSPS) is 19.8. The Kier molecular flexibility index (Phi) is 18.7. The molecule has 0 unspecified atom stereocenters. The number of carbonyl (C=O) groups excluding carboxylic acids is 5. The molecular formula is C54H60N4O8. The van der Waals surface area contributed by atoms with E-state index in [0.29, 0.717) is 24.0 Å².